The Morgan fingerprint density at radius 2 is 2.31 bits per heavy atom. The van der Waals surface area contributed by atoms with E-state index < -0.39 is 0 Å². The zero-order valence-electron chi connectivity index (χ0n) is 8.29. The Morgan fingerprint density at radius 3 is 2.85 bits per heavy atom. The van der Waals surface area contributed by atoms with Gasteiger partial charge in [-0.25, -0.2) is 0 Å². The first kappa shape index (κ1) is 11.9. The van der Waals surface area contributed by atoms with Gasteiger partial charge in [0.25, 0.3) is 6.47 Å². The first-order valence-electron chi connectivity index (χ1n) is 4.59. The van der Waals surface area contributed by atoms with E-state index >= 15 is 0 Å². The molecule has 0 amide bonds. The van der Waals surface area contributed by atoms with Crippen molar-refractivity contribution < 1.29 is 9.53 Å². The van der Waals surface area contributed by atoms with Crippen LogP contribution in [0, 0.1) is 5.92 Å². The highest BCUT2D eigenvalue weighted by Crippen LogP contribution is 2.14. The SMILES string of the molecule is C=CC[C@H](C)CCCC(=C)OC=O. The molecule has 0 heterocycles. The van der Waals surface area contributed by atoms with E-state index in [0.717, 1.165) is 25.7 Å². The molecule has 0 aliphatic heterocycles. The molecule has 1 atom stereocenters. The van der Waals surface area contributed by atoms with E-state index in [2.05, 4.69) is 24.8 Å². The lowest BCUT2D eigenvalue weighted by atomic mass is 10.0. The standard InChI is InChI=1S/C11H18O2/c1-4-6-10(2)7-5-8-11(3)13-9-12/h4,9-10H,1,3,5-8H2,2H3/t10-/m0/s1. The summed E-state index contributed by atoms with van der Waals surface area (Å²) in [6.45, 7) is 9.91. The van der Waals surface area contributed by atoms with Crippen LogP contribution in [0.25, 0.3) is 0 Å². The van der Waals surface area contributed by atoms with E-state index in [0.29, 0.717) is 18.1 Å². The monoisotopic (exact) mass is 182 g/mol. The van der Waals surface area contributed by atoms with Crippen LogP contribution in [-0.4, -0.2) is 6.47 Å². The molecule has 0 saturated heterocycles. The molecule has 0 spiro atoms. The summed E-state index contributed by atoms with van der Waals surface area (Å²) in [5.41, 5.74) is 0. The fourth-order valence-electron chi connectivity index (χ4n) is 1.18. The maximum atomic E-state index is 9.92. The smallest absolute Gasteiger partial charge is 0.298 e. The number of carbonyl (C=O) groups excluding carboxylic acids is 1. The summed E-state index contributed by atoms with van der Waals surface area (Å²) in [6.07, 6.45) is 5.87. The molecule has 0 N–H and O–H groups in total. The van der Waals surface area contributed by atoms with Gasteiger partial charge in [0.15, 0.2) is 0 Å². The van der Waals surface area contributed by atoms with Gasteiger partial charge in [0.2, 0.25) is 0 Å². The highest BCUT2D eigenvalue weighted by molar-refractivity contribution is 5.39. The highest BCUT2D eigenvalue weighted by Gasteiger charge is 2.00. The van der Waals surface area contributed by atoms with E-state index in [4.69, 9.17) is 0 Å². The maximum absolute atomic E-state index is 9.92. The summed E-state index contributed by atoms with van der Waals surface area (Å²) in [5.74, 6) is 1.21. The van der Waals surface area contributed by atoms with Crippen molar-refractivity contribution in [2.45, 2.75) is 32.6 Å². The van der Waals surface area contributed by atoms with Crippen molar-refractivity contribution in [3.05, 3.63) is 25.0 Å². The van der Waals surface area contributed by atoms with Crippen molar-refractivity contribution >= 4 is 6.47 Å². The second-order valence-electron chi connectivity index (χ2n) is 3.27. The number of ether oxygens (including phenoxy) is 1. The molecule has 0 bridgehead atoms. The Balaban J connectivity index is 3.38. The van der Waals surface area contributed by atoms with Gasteiger partial charge in [-0.2, -0.15) is 0 Å². The second-order valence-corrected chi connectivity index (χ2v) is 3.27. The van der Waals surface area contributed by atoms with E-state index in [1.165, 1.54) is 0 Å². The topological polar surface area (TPSA) is 26.3 Å². The Labute approximate surface area is 80.3 Å². The van der Waals surface area contributed by atoms with Gasteiger partial charge in [-0.15, -0.1) is 6.58 Å². The number of allylic oxidation sites excluding steroid dienone is 2. The largest absolute Gasteiger partial charge is 0.434 e. The number of carbonyl (C=O) groups is 1. The van der Waals surface area contributed by atoms with E-state index in [9.17, 15) is 4.79 Å². The Morgan fingerprint density at radius 1 is 1.62 bits per heavy atom. The molecule has 0 aromatic heterocycles. The third kappa shape index (κ3) is 7.32. The predicted octanol–water partition coefficient (Wildman–Crippen LogP) is 3.06. The molecular formula is C11H18O2. The molecule has 0 aromatic carbocycles. The van der Waals surface area contributed by atoms with Gasteiger partial charge in [0.1, 0.15) is 5.76 Å². The molecule has 0 radical (unpaired) electrons. The first-order chi connectivity index (χ1) is 6.20. The van der Waals surface area contributed by atoms with Crippen molar-refractivity contribution in [2.75, 3.05) is 0 Å². The fourth-order valence-corrected chi connectivity index (χ4v) is 1.18. The molecule has 2 heteroatoms. The second kappa shape index (κ2) is 7.59. The number of rotatable bonds is 8. The zero-order chi connectivity index (χ0) is 10.1. The van der Waals surface area contributed by atoms with E-state index in [1.54, 1.807) is 0 Å². The lowest BCUT2D eigenvalue weighted by molar-refractivity contribution is -0.125. The molecule has 0 saturated carbocycles. The normalized spacial score (nSPS) is 11.8. The minimum atomic E-state index is 0.426. The predicted molar refractivity (Wildman–Crippen MR) is 54.1 cm³/mol. The van der Waals surface area contributed by atoms with Crippen molar-refractivity contribution in [3.63, 3.8) is 0 Å². The molecule has 0 fully saturated rings. The summed E-state index contributed by atoms with van der Waals surface area (Å²) in [4.78, 5) is 9.92. The first-order valence-corrected chi connectivity index (χ1v) is 4.59. The van der Waals surface area contributed by atoms with Gasteiger partial charge in [-0.3, -0.25) is 4.79 Å². The Hall–Kier alpha value is -1.05. The molecule has 0 aliphatic carbocycles. The van der Waals surface area contributed by atoms with Crippen molar-refractivity contribution in [1.82, 2.24) is 0 Å². The third-order valence-electron chi connectivity index (χ3n) is 1.94. The van der Waals surface area contributed by atoms with E-state index in [1.807, 2.05) is 6.08 Å². The molecule has 74 valence electrons. The lowest BCUT2D eigenvalue weighted by Crippen LogP contribution is -1.94. The molecular weight excluding hydrogens is 164 g/mol. The molecule has 2 nitrogen and oxygen atoms in total. The van der Waals surface area contributed by atoms with Crippen molar-refractivity contribution in [3.8, 4) is 0 Å². The van der Waals surface area contributed by atoms with Gasteiger partial charge < -0.3 is 4.74 Å². The van der Waals surface area contributed by atoms with Crippen molar-refractivity contribution in [1.29, 1.82) is 0 Å². The lowest BCUT2D eigenvalue weighted by Gasteiger charge is -2.08. The summed E-state index contributed by atoms with van der Waals surface area (Å²) < 4.78 is 4.59. The van der Waals surface area contributed by atoms with Crippen LogP contribution in [0.4, 0.5) is 0 Å². The molecule has 13 heavy (non-hydrogen) atoms. The van der Waals surface area contributed by atoms with E-state index in [-0.39, 0.29) is 0 Å². The van der Waals surface area contributed by atoms with Crippen molar-refractivity contribution in [2.24, 2.45) is 5.92 Å². The maximum Gasteiger partial charge on any atom is 0.298 e. The van der Waals surface area contributed by atoms with Crippen LogP contribution in [-0.2, 0) is 9.53 Å². The molecule has 0 unspecified atom stereocenters. The van der Waals surface area contributed by atoms with Crippen LogP contribution >= 0.6 is 0 Å². The average molecular weight is 182 g/mol. The van der Waals surface area contributed by atoms with Gasteiger partial charge in [-0.1, -0.05) is 19.6 Å². The molecule has 0 aromatic rings. The van der Waals surface area contributed by atoms with Gasteiger partial charge >= 0.3 is 0 Å². The number of hydrogen-bond acceptors (Lipinski definition) is 2. The van der Waals surface area contributed by atoms with Crippen LogP contribution in [0.3, 0.4) is 0 Å². The summed E-state index contributed by atoms with van der Waals surface area (Å²) in [5, 5.41) is 0. The summed E-state index contributed by atoms with van der Waals surface area (Å²) in [7, 11) is 0. The Kier molecular flexibility index (Phi) is 6.98. The van der Waals surface area contributed by atoms with Gasteiger partial charge in [0.05, 0.1) is 0 Å². The Bertz CT molecular complexity index is 173. The van der Waals surface area contributed by atoms with Crippen LogP contribution in [0.15, 0.2) is 25.0 Å². The fraction of sp³-hybridized carbons (Fsp3) is 0.545. The van der Waals surface area contributed by atoms with Crippen LogP contribution in [0.2, 0.25) is 0 Å². The number of hydrogen-bond donors (Lipinski definition) is 0. The van der Waals surface area contributed by atoms with Crippen LogP contribution < -0.4 is 0 Å². The van der Waals surface area contributed by atoms with Gasteiger partial charge in [0, 0.05) is 6.42 Å². The zero-order valence-corrected chi connectivity index (χ0v) is 8.29. The van der Waals surface area contributed by atoms with Crippen LogP contribution in [0.1, 0.15) is 32.6 Å². The molecule has 0 rings (SSSR count). The molecule has 0 aliphatic rings. The summed E-state index contributed by atoms with van der Waals surface area (Å²) >= 11 is 0. The quantitative estimate of drug-likeness (QED) is 0.327. The summed E-state index contributed by atoms with van der Waals surface area (Å²) in [6, 6.07) is 0. The van der Waals surface area contributed by atoms with Gasteiger partial charge in [-0.05, 0) is 25.2 Å². The minimum absolute atomic E-state index is 0.426. The third-order valence-corrected chi connectivity index (χ3v) is 1.94. The average Bonchev–Trinajstić information content (AvgIpc) is 2.05. The minimum Gasteiger partial charge on any atom is -0.434 e. The highest BCUT2D eigenvalue weighted by atomic mass is 16.5. The van der Waals surface area contributed by atoms with Crippen LogP contribution in [0.5, 0.6) is 0 Å².